The maximum atomic E-state index is 12.5. The molecule has 0 spiro atoms. The van der Waals surface area contributed by atoms with Crippen molar-refractivity contribution < 1.29 is 9.32 Å². The van der Waals surface area contributed by atoms with E-state index in [1.165, 1.54) is 5.56 Å². The lowest BCUT2D eigenvalue weighted by Crippen LogP contribution is -2.24. The Morgan fingerprint density at radius 2 is 1.77 bits per heavy atom. The van der Waals surface area contributed by atoms with Gasteiger partial charge in [-0.05, 0) is 44.5 Å². The summed E-state index contributed by atoms with van der Waals surface area (Å²) in [7, 11) is 0. The Hall–Kier alpha value is -2.95. The molecule has 0 N–H and O–H groups in total. The Labute approximate surface area is 152 Å². The quantitative estimate of drug-likeness (QED) is 0.713. The second kappa shape index (κ2) is 6.41. The zero-order valence-corrected chi connectivity index (χ0v) is 15.2. The van der Waals surface area contributed by atoms with E-state index in [9.17, 15) is 4.79 Å². The van der Waals surface area contributed by atoms with Crippen molar-refractivity contribution in [3.63, 3.8) is 0 Å². The Balaban J connectivity index is 1.58. The molecule has 0 bridgehead atoms. The van der Waals surface area contributed by atoms with E-state index in [1.54, 1.807) is 4.90 Å². The summed E-state index contributed by atoms with van der Waals surface area (Å²) >= 11 is 0. The van der Waals surface area contributed by atoms with Gasteiger partial charge in [-0.15, -0.1) is 0 Å². The number of amides is 1. The number of nitrogens with zero attached hydrogens (tertiary/aromatic N) is 3. The van der Waals surface area contributed by atoms with Crippen molar-refractivity contribution in [3.05, 3.63) is 65.0 Å². The summed E-state index contributed by atoms with van der Waals surface area (Å²) in [4.78, 5) is 18.8. The van der Waals surface area contributed by atoms with Crippen LogP contribution in [0, 0.1) is 20.8 Å². The van der Waals surface area contributed by atoms with Crippen molar-refractivity contribution in [2.24, 2.45) is 0 Å². The summed E-state index contributed by atoms with van der Waals surface area (Å²) < 4.78 is 5.50. The molecule has 5 heteroatoms. The van der Waals surface area contributed by atoms with E-state index in [1.807, 2.05) is 57.2 Å². The van der Waals surface area contributed by atoms with Gasteiger partial charge in [-0.3, -0.25) is 4.79 Å². The van der Waals surface area contributed by atoms with Gasteiger partial charge in [0.15, 0.2) is 5.82 Å². The molecule has 1 aliphatic rings. The number of rotatable bonds is 3. The highest BCUT2D eigenvalue weighted by atomic mass is 16.5. The van der Waals surface area contributed by atoms with Crippen molar-refractivity contribution in [3.8, 4) is 11.5 Å². The van der Waals surface area contributed by atoms with Gasteiger partial charge >= 0.3 is 0 Å². The molecule has 3 aromatic rings. The average Bonchev–Trinajstić information content (AvgIpc) is 3.25. The predicted molar refractivity (Wildman–Crippen MR) is 100 cm³/mol. The highest BCUT2D eigenvalue weighted by Crippen LogP contribution is 2.32. The van der Waals surface area contributed by atoms with Crippen LogP contribution >= 0.6 is 0 Å². The van der Waals surface area contributed by atoms with E-state index in [-0.39, 0.29) is 11.8 Å². The molecule has 0 aliphatic carbocycles. The van der Waals surface area contributed by atoms with Crippen LogP contribution in [0.5, 0.6) is 0 Å². The molecule has 1 aromatic heterocycles. The van der Waals surface area contributed by atoms with Crippen molar-refractivity contribution in [1.29, 1.82) is 0 Å². The molecule has 26 heavy (non-hydrogen) atoms. The van der Waals surface area contributed by atoms with Gasteiger partial charge in [0.2, 0.25) is 5.91 Å². The number of carbonyl (C=O) groups excluding carboxylic acids is 1. The van der Waals surface area contributed by atoms with Crippen LogP contribution in [-0.4, -0.2) is 22.6 Å². The van der Waals surface area contributed by atoms with Crippen molar-refractivity contribution in [1.82, 2.24) is 10.1 Å². The number of aromatic nitrogens is 2. The van der Waals surface area contributed by atoms with Gasteiger partial charge in [0.25, 0.3) is 5.89 Å². The van der Waals surface area contributed by atoms with E-state index in [4.69, 9.17) is 4.52 Å². The minimum Gasteiger partial charge on any atom is -0.334 e. The number of carbonyl (C=O) groups is 1. The molecule has 1 unspecified atom stereocenters. The standard InChI is InChI=1S/C21H21N3O2/c1-13-5-8-17(9-6-13)24-12-16(11-19(24)25)20-22-21(26-23-20)18-10-14(2)4-7-15(18)3/h4-10,16H,11-12H2,1-3H3. The van der Waals surface area contributed by atoms with Gasteiger partial charge < -0.3 is 9.42 Å². The van der Waals surface area contributed by atoms with E-state index in [0.717, 1.165) is 22.4 Å². The summed E-state index contributed by atoms with van der Waals surface area (Å²) in [5.41, 5.74) is 5.28. The number of hydrogen-bond donors (Lipinski definition) is 0. The van der Waals surface area contributed by atoms with E-state index in [0.29, 0.717) is 24.7 Å². The Bertz CT molecular complexity index is 960. The number of benzene rings is 2. The molecule has 1 aliphatic heterocycles. The van der Waals surface area contributed by atoms with Gasteiger partial charge in [0, 0.05) is 30.1 Å². The third kappa shape index (κ3) is 3.01. The van der Waals surface area contributed by atoms with Crippen LogP contribution in [-0.2, 0) is 4.79 Å². The third-order valence-corrected chi connectivity index (χ3v) is 4.90. The maximum Gasteiger partial charge on any atom is 0.258 e. The summed E-state index contributed by atoms with van der Waals surface area (Å²) in [5.74, 6) is 1.16. The van der Waals surface area contributed by atoms with Gasteiger partial charge in [0.1, 0.15) is 0 Å². The molecule has 2 heterocycles. The second-order valence-electron chi connectivity index (χ2n) is 7.02. The van der Waals surface area contributed by atoms with Gasteiger partial charge in [-0.25, -0.2) is 0 Å². The minimum absolute atomic E-state index is 0.0496. The SMILES string of the molecule is Cc1ccc(N2CC(c3noc(-c4cc(C)ccc4C)n3)CC2=O)cc1. The van der Waals surface area contributed by atoms with Gasteiger partial charge in [-0.1, -0.05) is 40.5 Å². The van der Waals surface area contributed by atoms with Gasteiger partial charge in [0.05, 0.1) is 0 Å². The van der Waals surface area contributed by atoms with Crippen LogP contribution in [0.3, 0.4) is 0 Å². The van der Waals surface area contributed by atoms with Crippen LogP contribution < -0.4 is 4.90 Å². The number of aryl methyl sites for hydroxylation is 3. The fourth-order valence-electron chi connectivity index (χ4n) is 3.33. The first-order valence-electron chi connectivity index (χ1n) is 8.79. The van der Waals surface area contributed by atoms with Crippen LogP contribution in [0.2, 0.25) is 0 Å². The monoisotopic (exact) mass is 347 g/mol. The summed E-state index contributed by atoms with van der Waals surface area (Å²) in [6, 6.07) is 14.1. The molecule has 0 saturated carbocycles. The van der Waals surface area contributed by atoms with Crippen molar-refractivity contribution in [2.45, 2.75) is 33.1 Å². The molecule has 5 nitrogen and oxygen atoms in total. The molecule has 1 atom stereocenters. The molecule has 132 valence electrons. The highest BCUT2D eigenvalue weighted by molar-refractivity contribution is 5.96. The van der Waals surface area contributed by atoms with E-state index >= 15 is 0 Å². The van der Waals surface area contributed by atoms with E-state index in [2.05, 4.69) is 16.2 Å². The fraction of sp³-hybridized carbons (Fsp3) is 0.286. The summed E-state index contributed by atoms with van der Waals surface area (Å²) in [6.45, 7) is 6.67. The first kappa shape index (κ1) is 16.5. The van der Waals surface area contributed by atoms with Crippen LogP contribution in [0.1, 0.15) is 34.9 Å². The summed E-state index contributed by atoms with van der Waals surface area (Å²) in [6.07, 6.45) is 0.402. The molecule has 4 rings (SSSR count). The average molecular weight is 347 g/mol. The molecule has 1 amide bonds. The maximum absolute atomic E-state index is 12.5. The summed E-state index contributed by atoms with van der Waals surface area (Å²) in [5, 5.41) is 4.16. The Kier molecular flexibility index (Phi) is 4.07. The lowest BCUT2D eigenvalue weighted by molar-refractivity contribution is -0.117. The smallest absolute Gasteiger partial charge is 0.258 e. The molecular weight excluding hydrogens is 326 g/mol. The van der Waals surface area contributed by atoms with Crippen molar-refractivity contribution >= 4 is 11.6 Å². The lowest BCUT2D eigenvalue weighted by Gasteiger charge is -2.16. The number of anilines is 1. The second-order valence-corrected chi connectivity index (χ2v) is 7.02. The molecule has 0 radical (unpaired) electrons. The van der Waals surface area contributed by atoms with Gasteiger partial charge in [-0.2, -0.15) is 4.98 Å². The highest BCUT2D eigenvalue weighted by Gasteiger charge is 2.34. The first-order valence-corrected chi connectivity index (χ1v) is 8.79. The zero-order chi connectivity index (χ0) is 18.3. The fourth-order valence-corrected chi connectivity index (χ4v) is 3.33. The van der Waals surface area contributed by atoms with E-state index < -0.39 is 0 Å². The number of hydrogen-bond acceptors (Lipinski definition) is 4. The lowest BCUT2D eigenvalue weighted by atomic mass is 10.1. The molecule has 2 aromatic carbocycles. The normalized spacial score (nSPS) is 17.1. The molecule has 1 fully saturated rings. The topological polar surface area (TPSA) is 59.2 Å². The molecular formula is C21H21N3O2. The molecule has 1 saturated heterocycles. The van der Waals surface area contributed by atoms with Crippen LogP contribution in [0.4, 0.5) is 5.69 Å². The van der Waals surface area contributed by atoms with Crippen LogP contribution in [0.15, 0.2) is 47.0 Å². The third-order valence-electron chi connectivity index (χ3n) is 4.90. The predicted octanol–water partition coefficient (Wildman–Crippen LogP) is 4.18. The van der Waals surface area contributed by atoms with Crippen LogP contribution in [0.25, 0.3) is 11.5 Å². The van der Waals surface area contributed by atoms with Crippen molar-refractivity contribution in [2.75, 3.05) is 11.4 Å². The Morgan fingerprint density at radius 1 is 1.04 bits per heavy atom. The first-order chi connectivity index (χ1) is 12.5. The zero-order valence-electron chi connectivity index (χ0n) is 15.2. The minimum atomic E-state index is -0.0496. The Morgan fingerprint density at radius 3 is 2.54 bits per heavy atom. The largest absolute Gasteiger partial charge is 0.334 e.